The summed E-state index contributed by atoms with van der Waals surface area (Å²) >= 11 is 1.68. The van der Waals surface area contributed by atoms with Crippen LogP contribution in [0.2, 0.25) is 0 Å². The Bertz CT molecular complexity index is 586. The molecule has 21 heavy (non-hydrogen) atoms. The highest BCUT2D eigenvalue weighted by Gasteiger charge is 2.12. The first kappa shape index (κ1) is 15.9. The maximum absolute atomic E-state index is 4.69. The van der Waals surface area contributed by atoms with Gasteiger partial charge in [0.25, 0.3) is 0 Å². The van der Waals surface area contributed by atoms with Crippen LogP contribution in [0.1, 0.15) is 37.9 Å². The van der Waals surface area contributed by atoms with Crippen molar-refractivity contribution in [3.63, 3.8) is 0 Å². The van der Waals surface area contributed by atoms with Crippen LogP contribution < -0.4 is 10.2 Å². The van der Waals surface area contributed by atoms with Gasteiger partial charge in [-0.3, -0.25) is 4.98 Å². The van der Waals surface area contributed by atoms with Crippen LogP contribution in [0.15, 0.2) is 23.6 Å². The van der Waals surface area contributed by atoms with Crippen molar-refractivity contribution in [2.24, 2.45) is 0 Å². The minimum absolute atomic E-state index is 0.112. The van der Waals surface area contributed by atoms with E-state index in [2.05, 4.69) is 59.4 Å². The van der Waals surface area contributed by atoms with E-state index in [1.807, 2.05) is 19.1 Å². The largest absolute Gasteiger partial charge is 0.345 e. The zero-order valence-electron chi connectivity index (χ0n) is 13.5. The molecule has 2 aromatic rings. The van der Waals surface area contributed by atoms with Crippen LogP contribution >= 0.6 is 11.3 Å². The van der Waals surface area contributed by atoms with E-state index in [4.69, 9.17) is 0 Å². The second kappa shape index (κ2) is 6.54. The first-order valence-electron chi connectivity index (χ1n) is 7.16. The average Bonchev–Trinajstić information content (AvgIpc) is 2.84. The molecule has 0 saturated carbocycles. The third kappa shape index (κ3) is 5.10. The molecule has 5 heteroatoms. The van der Waals surface area contributed by atoms with Crippen LogP contribution in [0.5, 0.6) is 0 Å². The molecule has 0 aliphatic carbocycles. The van der Waals surface area contributed by atoms with E-state index in [9.17, 15) is 0 Å². The molecule has 0 bridgehead atoms. The number of hydrogen-bond donors (Lipinski definition) is 1. The molecule has 4 nitrogen and oxygen atoms in total. The molecule has 2 rings (SSSR count). The summed E-state index contributed by atoms with van der Waals surface area (Å²) in [6, 6.07) is 6.12. The van der Waals surface area contributed by atoms with Gasteiger partial charge in [0.15, 0.2) is 5.13 Å². The summed E-state index contributed by atoms with van der Waals surface area (Å²) in [7, 11) is 2.06. The zero-order chi connectivity index (χ0) is 15.5. The van der Waals surface area contributed by atoms with Gasteiger partial charge in [-0.15, -0.1) is 11.3 Å². The summed E-state index contributed by atoms with van der Waals surface area (Å²) < 4.78 is 0. The summed E-state index contributed by atoms with van der Waals surface area (Å²) in [5, 5.41) is 6.61. The topological polar surface area (TPSA) is 41.1 Å². The first-order valence-corrected chi connectivity index (χ1v) is 8.04. The monoisotopic (exact) mass is 304 g/mol. The number of nitrogens with zero attached hydrogens (tertiary/aromatic N) is 3. The lowest BCUT2D eigenvalue weighted by Gasteiger charge is -2.19. The third-order valence-electron chi connectivity index (χ3n) is 3.01. The molecular formula is C16H24N4S. The van der Waals surface area contributed by atoms with Crippen LogP contribution in [-0.4, -0.2) is 22.6 Å². The highest BCUT2D eigenvalue weighted by molar-refractivity contribution is 7.13. The zero-order valence-corrected chi connectivity index (χ0v) is 14.3. The number of nitrogens with one attached hydrogen (secondary N) is 1. The van der Waals surface area contributed by atoms with E-state index in [1.54, 1.807) is 11.3 Å². The summed E-state index contributed by atoms with van der Waals surface area (Å²) in [6.07, 6.45) is 0. The number of pyridine rings is 1. The van der Waals surface area contributed by atoms with Gasteiger partial charge in [0.1, 0.15) is 0 Å². The summed E-state index contributed by atoms with van der Waals surface area (Å²) in [5.74, 6) is 0. The Morgan fingerprint density at radius 1 is 1.19 bits per heavy atom. The van der Waals surface area contributed by atoms with Crippen LogP contribution in [-0.2, 0) is 13.1 Å². The van der Waals surface area contributed by atoms with Crippen molar-refractivity contribution in [1.82, 2.24) is 15.3 Å². The minimum Gasteiger partial charge on any atom is -0.345 e. The highest BCUT2D eigenvalue weighted by Crippen LogP contribution is 2.21. The van der Waals surface area contributed by atoms with Crippen molar-refractivity contribution < 1.29 is 0 Å². The van der Waals surface area contributed by atoms with Crippen molar-refractivity contribution >= 4 is 16.5 Å². The van der Waals surface area contributed by atoms with Crippen molar-refractivity contribution in [3.8, 4) is 0 Å². The Morgan fingerprint density at radius 2 is 1.95 bits per heavy atom. The Kier molecular flexibility index (Phi) is 4.96. The van der Waals surface area contributed by atoms with E-state index in [0.717, 1.165) is 35.3 Å². The number of hydrogen-bond acceptors (Lipinski definition) is 5. The van der Waals surface area contributed by atoms with Crippen LogP contribution in [0.3, 0.4) is 0 Å². The Morgan fingerprint density at radius 3 is 2.62 bits per heavy atom. The molecule has 0 aliphatic heterocycles. The number of rotatable bonds is 5. The number of aromatic nitrogens is 2. The predicted octanol–water partition coefficient (Wildman–Crippen LogP) is 3.37. The van der Waals surface area contributed by atoms with E-state index >= 15 is 0 Å². The maximum Gasteiger partial charge on any atom is 0.185 e. The molecule has 2 heterocycles. The lowest BCUT2D eigenvalue weighted by atomic mass is 10.1. The highest BCUT2D eigenvalue weighted by atomic mass is 32.1. The van der Waals surface area contributed by atoms with Gasteiger partial charge >= 0.3 is 0 Å². The van der Waals surface area contributed by atoms with Crippen LogP contribution in [0.25, 0.3) is 0 Å². The fourth-order valence-corrected chi connectivity index (χ4v) is 2.70. The molecule has 2 aromatic heterocycles. The lowest BCUT2D eigenvalue weighted by molar-refractivity contribution is 0.422. The van der Waals surface area contributed by atoms with Crippen LogP contribution in [0.4, 0.5) is 5.13 Å². The Hall–Kier alpha value is -1.46. The molecule has 1 N–H and O–H groups in total. The van der Waals surface area contributed by atoms with Crippen molar-refractivity contribution in [2.75, 3.05) is 11.9 Å². The molecule has 114 valence electrons. The first-order chi connectivity index (χ1) is 9.83. The molecule has 0 spiro atoms. The molecular weight excluding hydrogens is 280 g/mol. The normalized spacial score (nSPS) is 11.7. The fraction of sp³-hybridized carbons (Fsp3) is 0.500. The van der Waals surface area contributed by atoms with Gasteiger partial charge in [0.2, 0.25) is 0 Å². The number of thiazole rings is 1. The molecule has 0 aliphatic rings. The predicted molar refractivity (Wildman–Crippen MR) is 89.8 cm³/mol. The van der Waals surface area contributed by atoms with Gasteiger partial charge in [-0.1, -0.05) is 6.07 Å². The van der Waals surface area contributed by atoms with Gasteiger partial charge < -0.3 is 10.2 Å². The SMILES string of the molecule is Cc1cccc(CN(C)c2nc(CNC(C)(C)C)cs2)n1. The van der Waals surface area contributed by atoms with Crippen molar-refractivity contribution in [2.45, 2.75) is 46.3 Å². The summed E-state index contributed by atoms with van der Waals surface area (Å²) in [5.41, 5.74) is 3.33. The maximum atomic E-state index is 4.69. The average molecular weight is 304 g/mol. The number of anilines is 1. The molecule has 0 atom stereocenters. The molecule has 0 amide bonds. The Labute approximate surface area is 131 Å². The van der Waals surface area contributed by atoms with E-state index in [-0.39, 0.29) is 5.54 Å². The smallest absolute Gasteiger partial charge is 0.185 e. The van der Waals surface area contributed by atoms with Gasteiger partial charge in [-0.25, -0.2) is 4.98 Å². The van der Waals surface area contributed by atoms with Crippen molar-refractivity contribution in [1.29, 1.82) is 0 Å². The molecule has 0 unspecified atom stereocenters. The second-order valence-corrected chi connectivity index (χ2v) is 7.19. The van der Waals surface area contributed by atoms with Gasteiger partial charge in [-0.2, -0.15) is 0 Å². The molecule has 0 radical (unpaired) electrons. The molecule has 0 fully saturated rings. The summed E-state index contributed by atoms with van der Waals surface area (Å²) in [4.78, 5) is 11.4. The quantitative estimate of drug-likeness (QED) is 0.919. The fourth-order valence-electron chi connectivity index (χ4n) is 1.91. The van der Waals surface area contributed by atoms with Crippen LogP contribution in [0, 0.1) is 6.92 Å². The van der Waals surface area contributed by atoms with Gasteiger partial charge in [0.05, 0.1) is 17.9 Å². The third-order valence-corrected chi connectivity index (χ3v) is 4.01. The second-order valence-electron chi connectivity index (χ2n) is 6.35. The molecule has 0 aromatic carbocycles. The van der Waals surface area contributed by atoms with E-state index in [0.29, 0.717) is 0 Å². The van der Waals surface area contributed by atoms with E-state index in [1.165, 1.54) is 0 Å². The van der Waals surface area contributed by atoms with Gasteiger partial charge in [0, 0.05) is 30.2 Å². The van der Waals surface area contributed by atoms with E-state index < -0.39 is 0 Å². The summed E-state index contributed by atoms with van der Waals surface area (Å²) in [6.45, 7) is 10.1. The Balaban J connectivity index is 1.97. The number of aryl methyl sites for hydroxylation is 1. The van der Waals surface area contributed by atoms with Crippen molar-refractivity contribution in [3.05, 3.63) is 40.7 Å². The standard InChI is InChI=1S/C16H24N4S/c1-12-7-6-8-13(18-12)10-20(5)15-19-14(11-21-15)9-17-16(2,3)4/h6-8,11,17H,9-10H2,1-5H3. The minimum atomic E-state index is 0.112. The lowest BCUT2D eigenvalue weighted by Crippen LogP contribution is -2.35. The van der Waals surface area contributed by atoms with Gasteiger partial charge in [-0.05, 0) is 39.8 Å². The molecule has 0 saturated heterocycles.